The van der Waals surface area contributed by atoms with Gasteiger partial charge in [-0.05, 0) is 37.1 Å². The third kappa shape index (κ3) is 2.91. The number of aryl methyl sites for hydroxylation is 2. The van der Waals surface area contributed by atoms with Crippen LogP contribution in [0.15, 0.2) is 48.5 Å². The Morgan fingerprint density at radius 2 is 1.88 bits per heavy atom. The molecule has 26 heavy (non-hydrogen) atoms. The summed E-state index contributed by atoms with van der Waals surface area (Å²) < 4.78 is 1.75. The maximum atomic E-state index is 12.4. The normalized spacial score (nSPS) is 16.7. The number of para-hydroxylation sites is 1. The van der Waals surface area contributed by atoms with Crippen molar-refractivity contribution in [3.63, 3.8) is 0 Å². The van der Waals surface area contributed by atoms with Crippen molar-refractivity contribution >= 4 is 35.1 Å². The van der Waals surface area contributed by atoms with Crippen molar-refractivity contribution in [1.82, 2.24) is 9.78 Å². The zero-order valence-electron chi connectivity index (χ0n) is 14.5. The first-order valence-corrected chi connectivity index (χ1v) is 9.80. The molecule has 0 spiro atoms. The van der Waals surface area contributed by atoms with E-state index in [2.05, 4.69) is 24.4 Å². The van der Waals surface area contributed by atoms with E-state index < -0.39 is 0 Å². The number of anilines is 1. The Hall–Kier alpha value is -2.24. The number of halogens is 1. The Bertz CT molecular complexity index is 998. The van der Waals surface area contributed by atoms with Crippen LogP contribution in [0, 0.1) is 13.8 Å². The zero-order valence-corrected chi connectivity index (χ0v) is 16.1. The van der Waals surface area contributed by atoms with E-state index in [9.17, 15) is 4.79 Å². The van der Waals surface area contributed by atoms with Crippen LogP contribution < -0.4 is 5.32 Å². The van der Waals surface area contributed by atoms with E-state index in [0.29, 0.717) is 16.6 Å². The van der Waals surface area contributed by atoms with Crippen LogP contribution in [0.5, 0.6) is 0 Å². The number of benzene rings is 2. The highest BCUT2D eigenvalue weighted by molar-refractivity contribution is 8.00. The first-order valence-electron chi connectivity index (χ1n) is 8.37. The number of hydrogen-bond acceptors (Lipinski definition) is 3. The lowest BCUT2D eigenvalue weighted by Crippen LogP contribution is -2.16. The monoisotopic (exact) mass is 383 g/mol. The summed E-state index contributed by atoms with van der Waals surface area (Å²) in [5, 5.41) is 8.38. The molecule has 0 saturated heterocycles. The number of nitrogens with one attached hydrogen (secondary N) is 1. The molecule has 6 heteroatoms. The molecular weight excluding hydrogens is 366 g/mol. The lowest BCUT2D eigenvalue weighted by molar-refractivity contribution is -0.113. The molecule has 3 aromatic rings. The van der Waals surface area contributed by atoms with Crippen molar-refractivity contribution in [2.75, 3.05) is 11.1 Å². The van der Waals surface area contributed by atoms with E-state index in [-0.39, 0.29) is 11.2 Å². The van der Waals surface area contributed by atoms with Crippen LogP contribution in [0.25, 0.3) is 5.69 Å². The Labute approximate surface area is 161 Å². The zero-order chi connectivity index (χ0) is 18.3. The molecule has 1 aliphatic rings. The van der Waals surface area contributed by atoms with E-state index in [4.69, 9.17) is 16.7 Å². The highest BCUT2D eigenvalue weighted by Gasteiger charge is 2.31. The van der Waals surface area contributed by atoms with Crippen molar-refractivity contribution in [1.29, 1.82) is 0 Å². The molecule has 1 atom stereocenters. The van der Waals surface area contributed by atoms with Gasteiger partial charge in [-0.1, -0.05) is 48.0 Å². The molecule has 132 valence electrons. The summed E-state index contributed by atoms with van der Waals surface area (Å²) in [4.78, 5) is 12.4. The molecule has 1 amide bonds. The van der Waals surface area contributed by atoms with Gasteiger partial charge >= 0.3 is 0 Å². The molecule has 0 unspecified atom stereocenters. The van der Waals surface area contributed by atoms with Gasteiger partial charge in [0.15, 0.2) is 0 Å². The predicted octanol–water partition coefficient (Wildman–Crippen LogP) is 4.92. The standard InChI is InChI=1S/C20H18ClN3OS/c1-12-7-3-4-8-14(12)19-18-13(2)23-24(16-10-6-5-9-15(16)21)20(18)22-17(25)11-26-19/h3-10,19H,11H2,1-2H3,(H,22,25)/t19-/m0/s1. The third-order valence-corrected chi connectivity index (χ3v) is 6.13. The van der Waals surface area contributed by atoms with E-state index in [0.717, 1.165) is 16.9 Å². The van der Waals surface area contributed by atoms with Gasteiger partial charge in [-0.15, -0.1) is 11.8 Å². The van der Waals surface area contributed by atoms with Gasteiger partial charge in [-0.3, -0.25) is 4.79 Å². The molecule has 0 radical (unpaired) electrons. The van der Waals surface area contributed by atoms with Gasteiger partial charge in [-0.25, -0.2) is 4.68 Å². The number of rotatable bonds is 2. The fraction of sp³-hybridized carbons (Fsp3) is 0.200. The van der Waals surface area contributed by atoms with Crippen molar-refractivity contribution in [3.8, 4) is 5.69 Å². The first kappa shape index (κ1) is 17.2. The highest BCUT2D eigenvalue weighted by Crippen LogP contribution is 2.45. The predicted molar refractivity (Wildman–Crippen MR) is 107 cm³/mol. The fourth-order valence-electron chi connectivity index (χ4n) is 3.31. The van der Waals surface area contributed by atoms with Crippen molar-refractivity contribution in [2.45, 2.75) is 19.1 Å². The van der Waals surface area contributed by atoms with Crippen LogP contribution >= 0.6 is 23.4 Å². The second-order valence-corrected chi connectivity index (χ2v) is 7.81. The van der Waals surface area contributed by atoms with Crippen LogP contribution in [0.3, 0.4) is 0 Å². The van der Waals surface area contributed by atoms with Crippen molar-refractivity contribution < 1.29 is 4.79 Å². The number of nitrogens with zero attached hydrogens (tertiary/aromatic N) is 2. The molecular formula is C20H18ClN3OS. The van der Waals surface area contributed by atoms with Gasteiger partial charge < -0.3 is 5.32 Å². The number of aromatic nitrogens is 2. The maximum Gasteiger partial charge on any atom is 0.235 e. The minimum Gasteiger partial charge on any atom is -0.310 e. The Morgan fingerprint density at radius 3 is 2.65 bits per heavy atom. The van der Waals surface area contributed by atoms with Gasteiger partial charge in [0.1, 0.15) is 5.82 Å². The molecule has 1 N–H and O–H groups in total. The van der Waals surface area contributed by atoms with Gasteiger partial charge in [0.2, 0.25) is 5.91 Å². The number of carbonyl (C=O) groups excluding carboxylic acids is 1. The lowest BCUT2D eigenvalue weighted by Gasteiger charge is -2.17. The van der Waals surface area contributed by atoms with Crippen molar-refractivity contribution in [3.05, 3.63) is 75.9 Å². The SMILES string of the molecule is Cc1ccccc1[C@@H]1SCC(=O)Nc2c1c(C)nn2-c1ccccc1Cl. The number of amides is 1. The average Bonchev–Trinajstić information content (AvgIpc) is 2.82. The van der Waals surface area contributed by atoms with E-state index in [1.807, 2.05) is 43.3 Å². The average molecular weight is 384 g/mol. The molecule has 1 aromatic heterocycles. The number of carbonyl (C=O) groups is 1. The van der Waals surface area contributed by atoms with Crippen LogP contribution in [0.2, 0.25) is 5.02 Å². The first-order chi connectivity index (χ1) is 12.6. The smallest absolute Gasteiger partial charge is 0.235 e. The van der Waals surface area contributed by atoms with E-state index in [1.54, 1.807) is 16.4 Å². The molecule has 0 aliphatic carbocycles. The molecule has 0 saturated carbocycles. The summed E-state index contributed by atoms with van der Waals surface area (Å²) in [5.41, 5.74) is 5.10. The molecule has 0 fully saturated rings. The van der Waals surface area contributed by atoms with Crippen LogP contribution in [0.4, 0.5) is 5.82 Å². The molecule has 0 bridgehead atoms. The van der Waals surface area contributed by atoms with Gasteiger partial charge in [0, 0.05) is 5.56 Å². The summed E-state index contributed by atoms with van der Waals surface area (Å²) >= 11 is 8.02. The second-order valence-electron chi connectivity index (χ2n) is 6.31. The lowest BCUT2D eigenvalue weighted by atomic mass is 10.00. The molecule has 1 aliphatic heterocycles. The maximum absolute atomic E-state index is 12.4. The number of fused-ring (bicyclic) bond motifs is 1. The fourth-order valence-corrected chi connectivity index (χ4v) is 4.81. The molecule has 4 nitrogen and oxygen atoms in total. The largest absolute Gasteiger partial charge is 0.310 e. The van der Waals surface area contributed by atoms with Gasteiger partial charge in [-0.2, -0.15) is 5.10 Å². The topological polar surface area (TPSA) is 46.9 Å². The minimum absolute atomic E-state index is 0.0273. The van der Waals surface area contributed by atoms with Crippen molar-refractivity contribution in [2.24, 2.45) is 0 Å². The second kappa shape index (κ2) is 6.82. The number of thioether (sulfide) groups is 1. The Kier molecular flexibility index (Phi) is 4.51. The Morgan fingerprint density at radius 1 is 1.15 bits per heavy atom. The molecule has 4 rings (SSSR count). The van der Waals surface area contributed by atoms with Gasteiger partial charge in [0.05, 0.1) is 27.4 Å². The minimum atomic E-state index is -0.0273. The summed E-state index contributed by atoms with van der Waals surface area (Å²) in [6, 6.07) is 15.8. The van der Waals surface area contributed by atoms with Gasteiger partial charge in [0.25, 0.3) is 0 Å². The summed E-state index contributed by atoms with van der Waals surface area (Å²) in [7, 11) is 0. The van der Waals surface area contributed by atoms with E-state index >= 15 is 0 Å². The summed E-state index contributed by atoms with van der Waals surface area (Å²) in [6.45, 7) is 4.08. The number of hydrogen-bond donors (Lipinski definition) is 1. The van der Waals surface area contributed by atoms with Crippen LogP contribution in [-0.4, -0.2) is 21.4 Å². The summed E-state index contributed by atoms with van der Waals surface area (Å²) in [5.74, 6) is 1.08. The van der Waals surface area contributed by atoms with Crippen LogP contribution in [-0.2, 0) is 4.79 Å². The quantitative estimate of drug-likeness (QED) is 0.683. The Balaban J connectivity index is 1.94. The molecule has 2 aromatic carbocycles. The van der Waals surface area contributed by atoms with Crippen LogP contribution in [0.1, 0.15) is 27.6 Å². The molecule has 2 heterocycles. The summed E-state index contributed by atoms with van der Waals surface area (Å²) in [6.07, 6.45) is 0. The highest BCUT2D eigenvalue weighted by atomic mass is 35.5. The third-order valence-electron chi connectivity index (χ3n) is 4.56. The van der Waals surface area contributed by atoms with E-state index in [1.165, 1.54) is 11.1 Å².